The Bertz CT molecular complexity index is 637. The van der Waals surface area contributed by atoms with Crippen molar-refractivity contribution in [3.63, 3.8) is 0 Å². The average Bonchev–Trinajstić information content (AvgIpc) is 2.98. The Hall–Kier alpha value is -2.11. The molecule has 0 aliphatic heterocycles. The predicted octanol–water partition coefficient (Wildman–Crippen LogP) is 2.14. The van der Waals surface area contributed by atoms with Crippen molar-refractivity contribution in [2.24, 2.45) is 7.05 Å². The highest BCUT2D eigenvalue weighted by molar-refractivity contribution is 5.98. The van der Waals surface area contributed by atoms with E-state index in [0.717, 1.165) is 30.2 Å². The minimum Gasteiger partial charge on any atom is -0.349 e. The highest BCUT2D eigenvalue weighted by Crippen LogP contribution is 2.19. The molecule has 2 aromatic rings. The summed E-state index contributed by atoms with van der Waals surface area (Å²) in [6.45, 7) is 7.92. The number of nitrogens with zero attached hydrogens (tertiary/aromatic N) is 4. The number of hydrogen-bond acceptors (Lipinski definition) is 3. The minimum atomic E-state index is -0.0719. The van der Waals surface area contributed by atoms with E-state index in [1.165, 1.54) is 0 Å². The Morgan fingerprint density at radius 2 is 2.00 bits per heavy atom. The first-order valence-electron chi connectivity index (χ1n) is 7.34. The quantitative estimate of drug-likeness (QED) is 0.917. The van der Waals surface area contributed by atoms with Crippen LogP contribution in [0.1, 0.15) is 48.6 Å². The number of carbonyl (C=O) groups is 1. The van der Waals surface area contributed by atoms with E-state index < -0.39 is 0 Å². The van der Waals surface area contributed by atoms with Crippen LogP contribution in [0.25, 0.3) is 5.82 Å². The van der Waals surface area contributed by atoms with Crippen molar-refractivity contribution in [3.05, 3.63) is 29.5 Å². The first kappa shape index (κ1) is 15.3. The fourth-order valence-electron chi connectivity index (χ4n) is 2.54. The first-order chi connectivity index (χ1) is 9.99. The Labute approximate surface area is 125 Å². The van der Waals surface area contributed by atoms with E-state index in [9.17, 15) is 4.79 Å². The molecule has 0 atom stereocenters. The molecule has 0 radical (unpaired) electrons. The third-order valence-corrected chi connectivity index (χ3v) is 3.79. The Balaban J connectivity index is 2.45. The van der Waals surface area contributed by atoms with Gasteiger partial charge in [-0.3, -0.25) is 14.0 Å². The van der Waals surface area contributed by atoms with Crippen LogP contribution in [-0.4, -0.2) is 31.3 Å². The zero-order valence-corrected chi connectivity index (χ0v) is 13.3. The van der Waals surface area contributed by atoms with Gasteiger partial charge in [0.05, 0.1) is 5.69 Å². The monoisotopic (exact) mass is 289 g/mol. The number of aryl methyl sites for hydroxylation is 3. The predicted molar refractivity (Wildman–Crippen MR) is 81.6 cm³/mol. The number of carbonyl (C=O) groups excluding carboxylic acids is 1. The summed E-state index contributed by atoms with van der Waals surface area (Å²) in [5.41, 5.74) is 1.34. The third kappa shape index (κ3) is 2.84. The Kier molecular flexibility index (Phi) is 4.45. The summed E-state index contributed by atoms with van der Waals surface area (Å²) in [4.78, 5) is 16.9. The lowest BCUT2D eigenvalue weighted by Gasteiger charge is -2.16. The van der Waals surface area contributed by atoms with Crippen LogP contribution in [0.3, 0.4) is 0 Å². The van der Waals surface area contributed by atoms with Gasteiger partial charge in [-0.05, 0) is 26.7 Å². The standard InChI is InChI=1S/C15H23N5O/c1-6-12(7-2)17-14(21)13-10(3)18-19(5)15(13)20-9-8-16-11(20)4/h8-9,12H,6-7H2,1-5H3,(H,17,21). The molecule has 0 aliphatic carbocycles. The van der Waals surface area contributed by atoms with Gasteiger partial charge in [-0.1, -0.05) is 13.8 Å². The molecule has 2 aromatic heterocycles. The highest BCUT2D eigenvalue weighted by atomic mass is 16.1. The zero-order chi connectivity index (χ0) is 15.6. The van der Waals surface area contributed by atoms with E-state index in [0.29, 0.717) is 5.56 Å². The fourth-order valence-corrected chi connectivity index (χ4v) is 2.54. The minimum absolute atomic E-state index is 0.0719. The van der Waals surface area contributed by atoms with Crippen molar-refractivity contribution < 1.29 is 4.79 Å². The summed E-state index contributed by atoms with van der Waals surface area (Å²) in [5.74, 6) is 1.51. The van der Waals surface area contributed by atoms with E-state index in [1.54, 1.807) is 10.9 Å². The van der Waals surface area contributed by atoms with Gasteiger partial charge in [0.1, 0.15) is 17.2 Å². The molecule has 0 fully saturated rings. The normalized spacial score (nSPS) is 11.1. The van der Waals surface area contributed by atoms with E-state index in [2.05, 4.69) is 29.2 Å². The number of nitrogens with one attached hydrogen (secondary N) is 1. The molecular formula is C15H23N5O. The summed E-state index contributed by atoms with van der Waals surface area (Å²) in [6.07, 6.45) is 5.40. The maximum absolute atomic E-state index is 12.6. The molecule has 0 bridgehead atoms. The van der Waals surface area contributed by atoms with Crippen molar-refractivity contribution in [3.8, 4) is 5.82 Å². The van der Waals surface area contributed by atoms with Crippen molar-refractivity contribution in [2.75, 3.05) is 0 Å². The van der Waals surface area contributed by atoms with Gasteiger partial charge in [-0.2, -0.15) is 5.10 Å². The number of rotatable bonds is 5. The molecule has 114 valence electrons. The van der Waals surface area contributed by atoms with Gasteiger partial charge in [-0.15, -0.1) is 0 Å². The summed E-state index contributed by atoms with van der Waals surface area (Å²) >= 11 is 0. The molecule has 21 heavy (non-hydrogen) atoms. The Morgan fingerprint density at radius 3 is 2.52 bits per heavy atom. The summed E-state index contributed by atoms with van der Waals surface area (Å²) in [5, 5.41) is 7.48. The van der Waals surface area contributed by atoms with Crippen LogP contribution in [0, 0.1) is 13.8 Å². The Morgan fingerprint density at radius 1 is 1.33 bits per heavy atom. The molecule has 6 heteroatoms. The first-order valence-corrected chi connectivity index (χ1v) is 7.34. The van der Waals surface area contributed by atoms with Crippen LogP contribution in [0.4, 0.5) is 0 Å². The highest BCUT2D eigenvalue weighted by Gasteiger charge is 2.23. The molecule has 1 amide bonds. The second kappa shape index (κ2) is 6.11. The van der Waals surface area contributed by atoms with Gasteiger partial charge in [0, 0.05) is 25.5 Å². The van der Waals surface area contributed by atoms with Crippen LogP contribution >= 0.6 is 0 Å². The maximum atomic E-state index is 12.6. The largest absolute Gasteiger partial charge is 0.349 e. The lowest BCUT2D eigenvalue weighted by molar-refractivity contribution is 0.0934. The number of aromatic nitrogens is 4. The molecule has 0 unspecified atom stereocenters. The van der Waals surface area contributed by atoms with Gasteiger partial charge in [0.15, 0.2) is 0 Å². The molecule has 0 saturated heterocycles. The maximum Gasteiger partial charge on any atom is 0.257 e. The van der Waals surface area contributed by atoms with Crippen molar-refractivity contribution >= 4 is 5.91 Å². The smallest absolute Gasteiger partial charge is 0.257 e. The summed E-state index contributed by atoms with van der Waals surface area (Å²) in [7, 11) is 1.84. The molecule has 1 N–H and O–H groups in total. The average molecular weight is 289 g/mol. The van der Waals surface area contributed by atoms with Crippen LogP contribution in [0.2, 0.25) is 0 Å². The molecule has 0 spiro atoms. The van der Waals surface area contributed by atoms with Gasteiger partial charge < -0.3 is 5.32 Å². The van der Waals surface area contributed by atoms with E-state index in [1.807, 2.05) is 31.7 Å². The van der Waals surface area contributed by atoms with E-state index >= 15 is 0 Å². The molecule has 0 saturated carbocycles. The molecule has 6 nitrogen and oxygen atoms in total. The molecular weight excluding hydrogens is 266 g/mol. The van der Waals surface area contributed by atoms with Gasteiger partial charge >= 0.3 is 0 Å². The van der Waals surface area contributed by atoms with Gasteiger partial charge in [0.25, 0.3) is 5.91 Å². The number of amides is 1. The van der Waals surface area contributed by atoms with Crippen molar-refractivity contribution in [1.29, 1.82) is 0 Å². The van der Waals surface area contributed by atoms with Crippen LogP contribution in [-0.2, 0) is 7.05 Å². The van der Waals surface area contributed by atoms with Gasteiger partial charge in [0.2, 0.25) is 0 Å². The van der Waals surface area contributed by atoms with Gasteiger partial charge in [-0.25, -0.2) is 4.98 Å². The third-order valence-electron chi connectivity index (χ3n) is 3.79. The topological polar surface area (TPSA) is 64.7 Å². The van der Waals surface area contributed by atoms with Crippen molar-refractivity contribution in [2.45, 2.75) is 46.6 Å². The van der Waals surface area contributed by atoms with Crippen LogP contribution < -0.4 is 5.32 Å². The second-order valence-electron chi connectivity index (χ2n) is 5.24. The zero-order valence-electron chi connectivity index (χ0n) is 13.3. The van der Waals surface area contributed by atoms with Crippen LogP contribution in [0.15, 0.2) is 12.4 Å². The second-order valence-corrected chi connectivity index (χ2v) is 5.24. The van der Waals surface area contributed by atoms with E-state index in [-0.39, 0.29) is 11.9 Å². The lowest BCUT2D eigenvalue weighted by atomic mass is 10.1. The molecule has 2 heterocycles. The van der Waals surface area contributed by atoms with Crippen molar-refractivity contribution in [1.82, 2.24) is 24.6 Å². The fraction of sp³-hybridized carbons (Fsp3) is 0.533. The summed E-state index contributed by atoms with van der Waals surface area (Å²) in [6, 6.07) is 0.189. The SMILES string of the molecule is CCC(CC)NC(=O)c1c(C)nn(C)c1-n1ccnc1C. The van der Waals surface area contributed by atoms with E-state index in [4.69, 9.17) is 0 Å². The summed E-state index contributed by atoms with van der Waals surface area (Å²) < 4.78 is 3.62. The lowest BCUT2D eigenvalue weighted by Crippen LogP contribution is -2.34. The molecule has 0 aliphatic rings. The van der Waals surface area contributed by atoms with Crippen LogP contribution in [0.5, 0.6) is 0 Å². The number of imidazole rings is 1. The number of hydrogen-bond donors (Lipinski definition) is 1. The molecule has 0 aromatic carbocycles. The molecule has 2 rings (SSSR count).